The van der Waals surface area contributed by atoms with Crippen LogP contribution in [-0.4, -0.2) is 68.1 Å². The Balaban J connectivity index is 1.61. The zero-order valence-corrected chi connectivity index (χ0v) is 27.6. The number of aromatic amines is 1. The molecule has 1 aromatic carbocycles. The van der Waals surface area contributed by atoms with Crippen molar-refractivity contribution in [3.8, 4) is 11.5 Å². The van der Waals surface area contributed by atoms with E-state index in [4.69, 9.17) is 25.8 Å². The molecule has 3 aromatic rings. The molecular weight excluding hydrogens is 637 g/mol. The van der Waals surface area contributed by atoms with E-state index < -0.39 is 56.3 Å². The molecule has 3 heterocycles. The fourth-order valence-corrected chi connectivity index (χ4v) is 5.66. The SMILES string of the molecule is CC(C)(C)OCCOc1cc(C(=O)NCC(O)(c2cc3c(c(Cl)n2)OC[C@@]3(C)NS(=O)C(C)(C)C)C(F)(F)F)cc2cc[nH]c12. The highest BCUT2D eigenvalue weighted by Crippen LogP contribution is 2.46. The van der Waals surface area contributed by atoms with Gasteiger partial charge in [-0.15, -0.1) is 0 Å². The number of carbonyl (C=O) groups excluding carboxylic acids is 1. The Bertz CT molecular complexity index is 1600. The summed E-state index contributed by atoms with van der Waals surface area (Å²) in [5.74, 6) is -0.577. The third-order valence-corrected chi connectivity index (χ3v) is 9.07. The summed E-state index contributed by atoms with van der Waals surface area (Å²) in [5, 5.41) is 13.5. The van der Waals surface area contributed by atoms with Crippen molar-refractivity contribution < 1.29 is 41.5 Å². The van der Waals surface area contributed by atoms with Crippen LogP contribution in [0.25, 0.3) is 10.9 Å². The highest BCUT2D eigenvalue weighted by Gasteiger charge is 2.57. The molecule has 3 atom stereocenters. The Morgan fingerprint density at radius 3 is 2.49 bits per heavy atom. The smallest absolute Gasteiger partial charge is 0.424 e. The normalized spacial score (nSPS) is 19.1. The van der Waals surface area contributed by atoms with Crippen molar-refractivity contribution in [2.75, 3.05) is 26.4 Å². The van der Waals surface area contributed by atoms with E-state index in [1.54, 1.807) is 40.0 Å². The van der Waals surface area contributed by atoms with Gasteiger partial charge in [0, 0.05) is 22.7 Å². The maximum absolute atomic E-state index is 14.6. The van der Waals surface area contributed by atoms with E-state index in [0.717, 1.165) is 6.07 Å². The van der Waals surface area contributed by atoms with Crippen LogP contribution in [0.3, 0.4) is 0 Å². The highest BCUT2D eigenvalue weighted by atomic mass is 35.5. The minimum absolute atomic E-state index is 0.00754. The Kier molecular flexibility index (Phi) is 9.60. The van der Waals surface area contributed by atoms with Gasteiger partial charge in [-0.05, 0) is 72.7 Å². The molecule has 1 aliphatic heterocycles. The average molecular weight is 675 g/mol. The van der Waals surface area contributed by atoms with Crippen LogP contribution in [0.1, 0.15) is 70.1 Å². The highest BCUT2D eigenvalue weighted by molar-refractivity contribution is 7.84. The van der Waals surface area contributed by atoms with Gasteiger partial charge in [0.1, 0.15) is 19.0 Å². The number of ether oxygens (including phenoxy) is 3. The first-order chi connectivity index (χ1) is 20.6. The molecule has 0 saturated carbocycles. The summed E-state index contributed by atoms with van der Waals surface area (Å²) < 4.78 is 75.9. The molecule has 15 heteroatoms. The van der Waals surface area contributed by atoms with Gasteiger partial charge in [-0.2, -0.15) is 13.2 Å². The number of nitrogens with zero attached hydrogens (tertiary/aromatic N) is 1. The Labute approximate surface area is 267 Å². The Morgan fingerprint density at radius 1 is 1.18 bits per heavy atom. The van der Waals surface area contributed by atoms with Crippen molar-refractivity contribution in [2.45, 2.75) is 76.1 Å². The zero-order valence-electron chi connectivity index (χ0n) is 26.1. The summed E-state index contributed by atoms with van der Waals surface area (Å²) in [6.45, 7) is 11.5. The van der Waals surface area contributed by atoms with E-state index in [9.17, 15) is 27.3 Å². The molecule has 0 spiro atoms. The van der Waals surface area contributed by atoms with Crippen LogP contribution in [0.4, 0.5) is 13.2 Å². The predicted molar refractivity (Wildman–Crippen MR) is 165 cm³/mol. The molecule has 2 unspecified atom stereocenters. The maximum atomic E-state index is 14.6. The average Bonchev–Trinajstić information content (AvgIpc) is 3.52. The quantitative estimate of drug-likeness (QED) is 0.171. The number of hydrogen-bond donors (Lipinski definition) is 4. The first-order valence-corrected chi connectivity index (χ1v) is 15.7. The fraction of sp³-hybridized carbons (Fsp3) is 0.533. The van der Waals surface area contributed by atoms with Gasteiger partial charge in [0.25, 0.3) is 5.91 Å². The van der Waals surface area contributed by atoms with Crippen LogP contribution in [0.2, 0.25) is 5.15 Å². The lowest BCUT2D eigenvalue weighted by Crippen LogP contribution is -2.52. The number of aliphatic hydroxyl groups is 1. The topological polar surface area (TPSA) is 135 Å². The lowest BCUT2D eigenvalue weighted by molar-refractivity contribution is -0.265. The van der Waals surface area contributed by atoms with Crippen LogP contribution in [0.15, 0.2) is 30.5 Å². The van der Waals surface area contributed by atoms with Crippen LogP contribution in [0, 0.1) is 0 Å². The molecule has 1 amide bonds. The molecule has 4 rings (SSSR count). The molecule has 248 valence electrons. The second kappa shape index (κ2) is 12.4. The molecule has 45 heavy (non-hydrogen) atoms. The number of fused-ring (bicyclic) bond motifs is 2. The molecule has 0 saturated heterocycles. The second-order valence-electron chi connectivity index (χ2n) is 13.0. The van der Waals surface area contributed by atoms with Crippen molar-refractivity contribution in [3.63, 3.8) is 0 Å². The van der Waals surface area contributed by atoms with E-state index in [1.807, 2.05) is 20.8 Å². The van der Waals surface area contributed by atoms with Crippen molar-refractivity contribution in [1.29, 1.82) is 0 Å². The van der Waals surface area contributed by atoms with Gasteiger partial charge in [-0.25, -0.2) is 13.9 Å². The molecule has 0 aliphatic carbocycles. The Hall–Kier alpha value is -2.91. The summed E-state index contributed by atoms with van der Waals surface area (Å²) in [5.41, 5.74) is -5.36. The maximum Gasteiger partial charge on any atom is 0.424 e. The minimum atomic E-state index is -5.28. The molecule has 2 aromatic heterocycles. The number of hydrogen-bond acceptors (Lipinski definition) is 7. The standard InChI is InChI=1S/C30H38ClF3N4O6S/c1-26(2,3)44-11-10-42-20-13-18(12-17-8-9-35-22(17)20)25(39)36-15-29(40,30(32,33)34)21-14-19-23(24(31)37-21)43-16-28(19,7)38-45(41)27(4,5)6/h8-9,12-14,35,38,40H,10-11,15-16H2,1-7H3,(H,36,39)/t28-,29?,45?/m1/s1. The van der Waals surface area contributed by atoms with Gasteiger partial charge >= 0.3 is 6.18 Å². The second-order valence-corrected chi connectivity index (χ2v) is 15.4. The van der Waals surface area contributed by atoms with E-state index in [1.165, 1.54) is 12.1 Å². The molecule has 0 bridgehead atoms. The lowest BCUT2D eigenvalue weighted by atomic mass is 9.91. The number of nitrogens with one attached hydrogen (secondary N) is 3. The van der Waals surface area contributed by atoms with Gasteiger partial charge in [0.2, 0.25) is 5.60 Å². The van der Waals surface area contributed by atoms with Crippen molar-refractivity contribution in [2.24, 2.45) is 0 Å². The van der Waals surface area contributed by atoms with Crippen molar-refractivity contribution in [1.82, 2.24) is 20.0 Å². The zero-order chi connectivity index (χ0) is 33.6. The monoisotopic (exact) mass is 674 g/mol. The Morgan fingerprint density at radius 2 is 1.87 bits per heavy atom. The van der Waals surface area contributed by atoms with E-state index in [-0.39, 0.29) is 42.3 Å². The number of benzene rings is 1. The fourth-order valence-electron chi connectivity index (χ4n) is 4.53. The molecule has 0 fully saturated rings. The van der Waals surface area contributed by atoms with E-state index >= 15 is 0 Å². The number of halogens is 4. The summed E-state index contributed by atoms with van der Waals surface area (Å²) in [7, 11) is -1.63. The van der Waals surface area contributed by atoms with E-state index in [2.05, 4.69) is 20.0 Å². The third-order valence-electron chi connectivity index (χ3n) is 7.06. The number of amides is 1. The van der Waals surface area contributed by atoms with Gasteiger partial charge < -0.3 is 29.6 Å². The first kappa shape index (κ1) is 35.0. The van der Waals surface area contributed by atoms with Gasteiger partial charge in [0.15, 0.2) is 10.9 Å². The van der Waals surface area contributed by atoms with Crippen LogP contribution < -0.4 is 19.5 Å². The van der Waals surface area contributed by atoms with Crippen molar-refractivity contribution in [3.05, 3.63) is 52.4 Å². The molecule has 0 radical (unpaired) electrons. The largest absolute Gasteiger partial charge is 0.489 e. The first-order valence-electron chi connectivity index (χ1n) is 14.1. The van der Waals surface area contributed by atoms with Crippen molar-refractivity contribution >= 4 is 39.4 Å². The van der Waals surface area contributed by atoms with Crippen LogP contribution >= 0.6 is 11.6 Å². The molecule has 10 nitrogen and oxygen atoms in total. The number of alkyl halides is 3. The lowest BCUT2D eigenvalue weighted by Gasteiger charge is -2.32. The molecule has 4 N–H and O–H groups in total. The number of pyridine rings is 1. The molecule has 1 aliphatic rings. The predicted octanol–water partition coefficient (Wildman–Crippen LogP) is 5.25. The number of aromatic nitrogens is 2. The van der Waals surface area contributed by atoms with Gasteiger partial charge in [-0.3, -0.25) is 4.79 Å². The summed E-state index contributed by atoms with van der Waals surface area (Å²) in [6, 6.07) is 5.58. The molecular formula is C30H38ClF3N4O6S. The summed E-state index contributed by atoms with van der Waals surface area (Å²) in [6.07, 6.45) is -3.64. The van der Waals surface area contributed by atoms with Gasteiger partial charge in [0.05, 0.1) is 51.2 Å². The van der Waals surface area contributed by atoms with Gasteiger partial charge in [-0.1, -0.05) is 11.6 Å². The van der Waals surface area contributed by atoms with E-state index in [0.29, 0.717) is 16.7 Å². The summed E-state index contributed by atoms with van der Waals surface area (Å²) in [4.78, 5) is 20.0. The number of rotatable bonds is 10. The van der Waals surface area contributed by atoms with Crippen LogP contribution in [-0.2, 0) is 26.9 Å². The minimum Gasteiger partial charge on any atom is -0.489 e. The number of carbonyl (C=O) groups is 1. The summed E-state index contributed by atoms with van der Waals surface area (Å²) >= 11 is 6.25. The third kappa shape index (κ3) is 7.57. The van der Waals surface area contributed by atoms with Crippen LogP contribution in [0.5, 0.6) is 11.5 Å². The number of H-pyrrole nitrogens is 1.